The number of amides is 1. The topological polar surface area (TPSA) is 32.7 Å². The molecule has 1 saturated carbocycles. The largest absolute Gasteiger partial charge is 0.272 e. The Morgan fingerprint density at radius 1 is 1.50 bits per heavy atom. The average Bonchev–Trinajstić information content (AvgIpc) is 2.94. The fourth-order valence-electron chi connectivity index (χ4n) is 2.61. The number of fused-ring (bicyclic) bond motifs is 2. The summed E-state index contributed by atoms with van der Waals surface area (Å²) in [7, 11) is 0. The second-order valence-electron chi connectivity index (χ2n) is 4.47. The smallest absolute Gasteiger partial charge is 0.259 e. The third-order valence-corrected chi connectivity index (χ3v) is 4.77. The molecule has 3 aliphatic rings. The predicted octanol–water partition coefficient (Wildman–Crippen LogP) is 2.04. The van der Waals surface area contributed by atoms with E-state index in [9.17, 15) is 4.79 Å². The van der Waals surface area contributed by atoms with Crippen LogP contribution in [0, 0.1) is 17.8 Å². The van der Waals surface area contributed by atoms with E-state index < -0.39 is 0 Å². The highest BCUT2D eigenvalue weighted by Crippen LogP contribution is 2.42. The molecule has 1 saturated heterocycles. The maximum absolute atomic E-state index is 11.4. The number of carbonyl (C=O) groups is 1. The van der Waals surface area contributed by atoms with Gasteiger partial charge in [0.1, 0.15) is 0 Å². The molecule has 3 rings (SSSR count). The molecule has 0 aromatic rings. The summed E-state index contributed by atoms with van der Waals surface area (Å²) < 4.78 is 0.583. The summed E-state index contributed by atoms with van der Waals surface area (Å²) in [6.07, 6.45) is 8.93. The van der Waals surface area contributed by atoms with Gasteiger partial charge in [0.05, 0.1) is 5.75 Å². The average molecular weight is 252 g/mol. The van der Waals surface area contributed by atoms with E-state index in [4.69, 9.17) is 12.2 Å². The second-order valence-corrected chi connectivity index (χ2v) is 6.08. The zero-order valence-corrected chi connectivity index (χ0v) is 10.3. The summed E-state index contributed by atoms with van der Waals surface area (Å²) >= 11 is 6.46. The lowest BCUT2D eigenvalue weighted by molar-refractivity contribution is -0.124. The van der Waals surface area contributed by atoms with E-state index in [1.54, 1.807) is 0 Å². The standard InChI is InChI=1S/C11H12N2OS2/c14-10-6-16-11(15)13(10)12-5-9-4-7-1-2-8(9)3-7/h1-2,5,7-9H,3-4,6H2/b12-5-/t7-,8-,9-/m1/s1. The first-order valence-electron chi connectivity index (χ1n) is 5.46. The van der Waals surface area contributed by atoms with Gasteiger partial charge in [-0.3, -0.25) is 4.79 Å². The lowest BCUT2D eigenvalue weighted by atomic mass is 9.95. The Morgan fingerprint density at radius 3 is 2.94 bits per heavy atom. The normalized spacial score (nSPS) is 37.2. The van der Waals surface area contributed by atoms with E-state index in [2.05, 4.69) is 17.3 Å². The number of carbonyl (C=O) groups excluding carboxylic acids is 1. The third kappa shape index (κ3) is 1.72. The Bertz CT molecular complexity index is 389. The molecule has 16 heavy (non-hydrogen) atoms. The quantitative estimate of drug-likeness (QED) is 0.428. The first-order chi connectivity index (χ1) is 7.74. The van der Waals surface area contributed by atoms with Gasteiger partial charge in [0, 0.05) is 12.1 Å². The van der Waals surface area contributed by atoms with Crippen LogP contribution < -0.4 is 0 Å². The molecule has 0 unspecified atom stereocenters. The number of nitrogens with zero attached hydrogens (tertiary/aromatic N) is 2. The van der Waals surface area contributed by atoms with Gasteiger partial charge in [0.25, 0.3) is 5.91 Å². The highest BCUT2D eigenvalue weighted by atomic mass is 32.2. The van der Waals surface area contributed by atoms with Gasteiger partial charge in [0.2, 0.25) is 0 Å². The minimum Gasteiger partial charge on any atom is -0.272 e. The molecule has 2 bridgehead atoms. The first-order valence-corrected chi connectivity index (χ1v) is 6.85. The third-order valence-electron chi connectivity index (χ3n) is 3.43. The molecule has 3 nitrogen and oxygen atoms in total. The minimum atomic E-state index is 0.00458. The van der Waals surface area contributed by atoms with E-state index in [-0.39, 0.29) is 5.91 Å². The summed E-state index contributed by atoms with van der Waals surface area (Å²) in [5, 5.41) is 5.62. The van der Waals surface area contributed by atoms with E-state index in [1.807, 2.05) is 6.21 Å². The van der Waals surface area contributed by atoms with Gasteiger partial charge in [-0.05, 0) is 24.7 Å². The molecule has 1 heterocycles. The summed E-state index contributed by atoms with van der Waals surface area (Å²) in [6.45, 7) is 0. The van der Waals surface area contributed by atoms with Gasteiger partial charge < -0.3 is 0 Å². The Morgan fingerprint density at radius 2 is 2.38 bits per heavy atom. The van der Waals surface area contributed by atoms with Crippen LogP contribution in [0.3, 0.4) is 0 Å². The molecule has 0 aromatic carbocycles. The van der Waals surface area contributed by atoms with Crippen LogP contribution in [-0.4, -0.2) is 27.2 Å². The minimum absolute atomic E-state index is 0.00458. The van der Waals surface area contributed by atoms with Crippen LogP contribution in [-0.2, 0) is 4.79 Å². The number of rotatable bonds is 2. The van der Waals surface area contributed by atoms with E-state index in [0.29, 0.717) is 21.9 Å². The SMILES string of the molecule is O=C1CSC(=S)N1/N=C\[C@H]1C[C@@H]2C=C[C@@H]1C2. The van der Waals surface area contributed by atoms with Crippen LogP contribution in [0.25, 0.3) is 0 Å². The fraction of sp³-hybridized carbons (Fsp3) is 0.545. The van der Waals surface area contributed by atoms with Gasteiger partial charge in [-0.1, -0.05) is 36.1 Å². The second kappa shape index (κ2) is 3.96. The van der Waals surface area contributed by atoms with E-state index in [1.165, 1.54) is 29.6 Å². The summed E-state index contributed by atoms with van der Waals surface area (Å²) in [5.74, 6) is 2.30. The molecule has 84 valence electrons. The predicted molar refractivity (Wildman–Crippen MR) is 69.2 cm³/mol. The molecule has 2 fully saturated rings. The van der Waals surface area contributed by atoms with Gasteiger partial charge >= 0.3 is 0 Å². The molecular formula is C11H12N2OS2. The van der Waals surface area contributed by atoms with Gasteiger partial charge in [-0.2, -0.15) is 10.1 Å². The highest BCUT2D eigenvalue weighted by Gasteiger charge is 2.35. The molecule has 1 aliphatic heterocycles. The molecule has 2 aliphatic carbocycles. The van der Waals surface area contributed by atoms with Crippen molar-refractivity contribution < 1.29 is 4.79 Å². The van der Waals surface area contributed by atoms with Crippen molar-refractivity contribution in [3.63, 3.8) is 0 Å². The van der Waals surface area contributed by atoms with E-state index >= 15 is 0 Å². The lowest BCUT2D eigenvalue weighted by Gasteiger charge is -2.14. The molecule has 0 aromatic heterocycles. The summed E-state index contributed by atoms with van der Waals surface area (Å²) in [4.78, 5) is 11.4. The Balaban J connectivity index is 1.68. The summed E-state index contributed by atoms with van der Waals surface area (Å²) in [5.41, 5.74) is 0. The van der Waals surface area contributed by atoms with Crippen molar-refractivity contribution in [2.24, 2.45) is 22.9 Å². The lowest BCUT2D eigenvalue weighted by Crippen LogP contribution is -2.23. The molecule has 3 atom stereocenters. The molecular weight excluding hydrogens is 240 g/mol. The fourth-order valence-corrected chi connectivity index (χ4v) is 3.57. The first kappa shape index (κ1) is 10.5. The van der Waals surface area contributed by atoms with Crippen LogP contribution >= 0.6 is 24.0 Å². The number of allylic oxidation sites excluding steroid dienone is 2. The van der Waals surface area contributed by atoms with Crippen molar-refractivity contribution in [2.45, 2.75) is 12.8 Å². The van der Waals surface area contributed by atoms with Crippen molar-refractivity contribution in [2.75, 3.05) is 5.75 Å². The van der Waals surface area contributed by atoms with Gasteiger partial charge in [0.15, 0.2) is 4.32 Å². The monoisotopic (exact) mass is 252 g/mol. The van der Waals surface area contributed by atoms with Crippen molar-refractivity contribution >= 4 is 40.4 Å². The van der Waals surface area contributed by atoms with Crippen LogP contribution in [0.1, 0.15) is 12.8 Å². The zero-order valence-electron chi connectivity index (χ0n) is 8.70. The molecule has 5 heteroatoms. The molecule has 0 spiro atoms. The van der Waals surface area contributed by atoms with Crippen LogP contribution in [0.2, 0.25) is 0 Å². The van der Waals surface area contributed by atoms with Gasteiger partial charge in [-0.25, -0.2) is 0 Å². The molecule has 0 radical (unpaired) electrons. The van der Waals surface area contributed by atoms with Crippen LogP contribution in [0.4, 0.5) is 0 Å². The van der Waals surface area contributed by atoms with Crippen LogP contribution in [0.5, 0.6) is 0 Å². The highest BCUT2D eigenvalue weighted by molar-refractivity contribution is 8.23. The Labute approximate surface area is 104 Å². The number of thioether (sulfide) groups is 1. The maximum atomic E-state index is 11.4. The van der Waals surface area contributed by atoms with Crippen molar-refractivity contribution in [1.82, 2.24) is 5.01 Å². The van der Waals surface area contributed by atoms with Gasteiger partial charge in [-0.15, -0.1) is 0 Å². The van der Waals surface area contributed by atoms with Crippen molar-refractivity contribution in [1.29, 1.82) is 0 Å². The number of hydrazone groups is 1. The van der Waals surface area contributed by atoms with Crippen molar-refractivity contribution in [3.8, 4) is 0 Å². The molecule has 0 N–H and O–H groups in total. The zero-order chi connectivity index (χ0) is 11.1. The number of hydrogen-bond acceptors (Lipinski definition) is 4. The Hall–Kier alpha value is -0.680. The maximum Gasteiger partial charge on any atom is 0.259 e. The van der Waals surface area contributed by atoms with Crippen molar-refractivity contribution in [3.05, 3.63) is 12.2 Å². The van der Waals surface area contributed by atoms with E-state index in [0.717, 1.165) is 5.92 Å². The Kier molecular flexibility index (Phi) is 2.59. The molecule has 1 amide bonds. The summed E-state index contributed by atoms with van der Waals surface area (Å²) in [6, 6.07) is 0. The number of hydrogen-bond donors (Lipinski definition) is 0. The van der Waals surface area contributed by atoms with Crippen LogP contribution in [0.15, 0.2) is 17.3 Å². The number of thiocarbonyl (C=S) groups is 1.